The van der Waals surface area contributed by atoms with Gasteiger partial charge in [-0.25, -0.2) is 0 Å². The molecule has 0 aromatic heterocycles. The molecule has 18 heavy (non-hydrogen) atoms. The van der Waals surface area contributed by atoms with Crippen molar-refractivity contribution in [1.82, 2.24) is 5.32 Å². The number of nitrogens with one attached hydrogen (secondary N) is 1. The highest BCUT2D eigenvalue weighted by Crippen LogP contribution is 2.27. The van der Waals surface area contributed by atoms with Crippen LogP contribution in [0.15, 0.2) is 22.7 Å². The summed E-state index contributed by atoms with van der Waals surface area (Å²) in [6.07, 6.45) is 2.71. The van der Waals surface area contributed by atoms with Crippen molar-refractivity contribution in [2.45, 2.75) is 18.9 Å². The number of ether oxygens (including phenoxy) is 2. The molecule has 3 nitrogen and oxygen atoms in total. The van der Waals surface area contributed by atoms with Crippen LogP contribution in [-0.4, -0.2) is 32.4 Å². The molecule has 0 spiro atoms. The number of halogens is 2. The highest BCUT2D eigenvalue weighted by atomic mass is 79.9. The molecular formula is C13H17BrClNO2. The first-order chi connectivity index (χ1) is 8.75. The molecule has 1 aromatic carbocycles. The molecule has 1 heterocycles. The van der Waals surface area contributed by atoms with Gasteiger partial charge in [0.05, 0.1) is 11.1 Å². The summed E-state index contributed by atoms with van der Waals surface area (Å²) in [5.74, 6) is 0.713. The van der Waals surface area contributed by atoms with E-state index in [4.69, 9.17) is 21.1 Å². The van der Waals surface area contributed by atoms with Crippen molar-refractivity contribution in [2.75, 3.05) is 26.3 Å². The van der Waals surface area contributed by atoms with Gasteiger partial charge in [0.1, 0.15) is 12.4 Å². The first kappa shape index (κ1) is 14.1. The van der Waals surface area contributed by atoms with Gasteiger partial charge in [-0.1, -0.05) is 27.5 Å². The molecule has 1 unspecified atom stereocenters. The number of hydrogen-bond donors (Lipinski definition) is 1. The van der Waals surface area contributed by atoms with Crippen molar-refractivity contribution < 1.29 is 9.47 Å². The van der Waals surface area contributed by atoms with Gasteiger partial charge in [0, 0.05) is 24.2 Å². The fourth-order valence-electron chi connectivity index (χ4n) is 1.89. The van der Waals surface area contributed by atoms with E-state index in [0.717, 1.165) is 30.6 Å². The van der Waals surface area contributed by atoms with Gasteiger partial charge in [-0.15, -0.1) is 0 Å². The Morgan fingerprint density at radius 1 is 1.50 bits per heavy atom. The van der Waals surface area contributed by atoms with Crippen LogP contribution in [0.25, 0.3) is 0 Å². The minimum Gasteiger partial charge on any atom is -0.491 e. The zero-order valence-electron chi connectivity index (χ0n) is 10.1. The molecule has 100 valence electrons. The second-order valence-electron chi connectivity index (χ2n) is 4.26. The molecular weight excluding hydrogens is 318 g/mol. The molecule has 1 aromatic rings. The summed E-state index contributed by atoms with van der Waals surface area (Å²) in [5, 5.41) is 3.96. The van der Waals surface area contributed by atoms with Gasteiger partial charge in [-0.05, 0) is 31.0 Å². The van der Waals surface area contributed by atoms with Gasteiger partial charge in [0.2, 0.25) is 0 Å². The Morgan fingerprint density at radius 2 is 2.39 bits per heavy atom. The van der Waals surface area contributed by atoms with E-state index in [1.807, 2.05) is 18.2 Å². The predicted molar refractivity (Wildman–Crippen MR) is 76.5 cm³/mol. The largest absolute Gasteiger partial charge is 0.491 e. The van der Waals surface area contributed by atoms with Gasteiger partial charge in [-0.3, -0.25) is 0 Å². The highest BCUT2D eigenvalue weighted by Gasteiger charge is 2.14. The third kappa shape index (κ3) is 4.43. The van der Waals surface area contributed by atoms with Gasteiger partial charge < -0.3 is 14.8 Å². The summed E-state index contributed by atoms with van der Waals surface area (Å²) in [7, 11) is 0. The Labute approximate surface area is 121 Å². The van der Waals surface area contributed by atoms with Crippen molar-refractivity contribution in [1.29, 1.82) is 0 Å². The van der Waals surface area contributed by atoms with Gasteiger partial charge in [0.25, 0.3) is 0 Å². The summed E-state index contributed by atoms with van der Waals surface area (Å²) in [5.41, 5.74) is 0. The van der Waals surface area contributed by atoms with Crippen LogP contribution >= 0.6 is 27.5 Å². The van der Waals surface area contributed by atoms with Crippen LogP contribution in [0.5, 0.6) is 5.75 Å². The van der Waals surface area contributed by atoms with E-state index in [-0.39, 0.29) is 0 Å². The lowest BCUT2D eigenvalue weighted by molar-refractivity contribution is 0.109. The molecule has 1 saturated heterocycles. The van der Waals surface area contributed by atoms with Crippen molar-refractivity contribution in [2.24, 2.45) is 0 Å². The minimum absolute atomic E-state index is 0.374. The summed E-state index contributed by atoms with van der Waals surface area (Å²) in [6.45, 7) is 3.19. The smallest absolute Gasteiger partial charge is 0.139 e. The van der Waals surface area contributed by atoms with Crippen molar-refractivity contribution in [3.8, 4) is 5.75 Å². The van der Waals surface area contributed by atoms with E-state index >= 15 is 0 Å². The van der Waals surface area contributed by atoms with Crippen LogP contribution in [0.1, 0.15) is 12.8 Å². The molecule has 0 bridgehead atoms. The number of benzene rings is 1. The average Bonchev–Trinajstić information content (AvgIpc) is 2.86. The SMILES string of the molecule is Clc1ccc(Br)cc1OCCNCC1CCCO1. The zero-order chi connectivity index (χ0) is 12.8. The summed E-state index contributed by atoms with van der Waals surface area (Å²) >= 11 is 9.42. The first-order valence-corrected chi connectivity index (χ1v) is 7.33. The van der Waals surface area contributed by atoms with Crippen LogP contribution in [0, 0.1) is 0 Å². The Bertz CT molecular complexity index is 383. The fraction of sp³-hybridized carbons (Fsp3) is 0.538. The van der Waals surface area contributed by atoms with E-state index < -0.39 is 0 Å². The lowest BCUT2D eigenvalue weighted by Crippen LogP contribution is -2.29. The lowest BCUT2D eigenvalue weighted by atomic mass is 10.2. The van der Waals surface area contributed by atoms with Crippen molar-refractivity contribution in [3.63, 3.8) is 0 Å². The topological polar surface area (TPSA) is 30.5 Å². The Morgan fingerprint density at radius 3 is 3.17 bits per heavy atom. The van der Waals surface area contributed by atoms with Gasteiger partial charge in [0.15, 0.2) is 0 Å². The molecule has 1 aliphatic heterocycles. The van der Waals surface area contributed by atoms with E-state index in [2.05, 4.69) is 21.2 Å². The maximum atomic E-state index is 6.03. The summed E-state index contributed by atoms with van der Waals surface area (Å²) < 4.78 is 12.1. The van der Waals surface area contributed by atoms with E-state index in [0.29, 0.717) is 23.5 Å². The predicted octanol–water partition coefficient (Wildman–Crippen LogP) is 3.25. The zero-order valence-corrected chi connectivity index (χ0v) is 12.5. The second-order valence-corrected chi connectivity index (χ2v) is 5.59. The third-order valence-corrected chi connectivity index (χ3v) is 3.63. The van der Waals surface area contributed by atoms with Crippen LogP contribution < -0.4 is 10.1 Å². The van der Waals surface area contributed by atoms with E-state index in [1.54, 1.807) is 0 Å². The molecule has 2 rings (SSSR count). The number of rotatable bonds is 6. The maximum absolute atomic E-state index is 6.03. The molecule has 5 heteroatoms. The minimum atomic E-state index is 0.374. The Kier molecular flexibility index (Phi) is 5.76. The van der Waals surface area contributed by atoms with Crippen LogP contribution in [0.2, 0.25) is 5.02 Å². The second kappa shape index (κ2) is 7.34. The molecule has 1 atom stereocenters. The average molecular weight is 335 g/mol. The molecule has 1 aliphatic rings. The monoisotopic (exact) mass is 333 g/mol. The number of hydrogen-bond acceptors (Lipinski definition) is 3. The maximum Gasteiger partial charge on any atom is 0.139 e. The third-order valence-electron chi connectivity index (χ3n) is 2.83. The lowest BCUT2D eigenvalue weighted by Gasteiger charge is -2.12. The first-order valence-electron chi connectivity index (χ1n) is 6.16. The van der Waals surface area contributed by atoms with E-state index in [1.165, 1.54) is 6.42 Å². The fourth-order valence-corrected chi connectivity index (χ4v) is 2.40. The summed E-state index contributed by atoms with van der Waals surface area (Å²) in [6, 6.07) is 5.59. The summed E-state index contributed by atoms with van der Waals surface area (Å²) in [4.78, 5) is 0. The standard InChI is InChI=1S/C13H17BrClNO2/c14-10-3-4-12(15)13(8-10)18-7-5-16-9-11-2-1-6-17-11/h3-4,8,11,16H,1-2,5-7,9H2. The molecule has 1 fully saturated rings. The Hall–Kier alpha value is -0.290. The highest BCUT2D eigenvalue weighted by molar-refractivity contribution is 9.10. The molecule has 0 aliphatic carbocycles. The molecule has 0 radical (unpaired) electrons. The van der Waals surface area contributed by atoms with Crippen molar-refractivity contribution >= 4 is 27.5 Å². The van der Waals surface area contributed by atoms with Crippen molar-refractivity contribution in [3.05, 3.63) is 27.7 Å². The molecule has 0 saturated carbocycles. The van der Waals surface area contributed by atoms with Gasteiger partial charge in [-0.2, -0.15) is 0 Å². The normalized spacial score (nSPS) is 19.1. The van der Waals surface area contributed by atoms with Gasteiger partial charge >= 0.3 is 0 Å². The van der Waals surface area contributed by atoms with Crippen LogP contribution in [0.4, 0.5) is 0 Å². The Balaban J connectivity index is 1.64. The quantitative estimate of drug-likeness (QED) is 0.810. The molecule has 0 amide bonds. The molecule has 1 N–H and O–H groups in total. The van der Waals surface area contributed by atoms with E-state index in [9.17, 15) is 0 Å². The van der Waals surface area contributed by atoms with Crippen LogP contribution in [-0.2, 0) is 4.74 Å². The van der Waals surface area contributed by atoms with Crippen LogP contribution in [0.3, 0.4) is 0 Å².